The van der Waals surface area contributed by atoms with E-state index in [2.05, 4.69) is 6.92 Å². The average Bonchev–Trinajstić information content (AvgIpc) is 2.10. The number of rotatable bonds is 7. The first-order valence-corrected chi connectivity index (χ1v) is 4.76. The maximum atomic E-state index is 10.5. The lowest BCUT2D eigenvalue weighted by Crippen LogP contribution is -2.11. The van der Waals surface area contributed by atoms with Crippen LogP contribution in [-0.2, 0) is 9.53 Å². The molecule has 76 valence electrons. The predicted molar refractivity (Wildman–Crippen MR) is 53.0 cm³/mol. The fourth-order valence-corrected chi connectivity index (χ4v) is 0.854. The molecule has 0 spiro atoms. The molecule has 0 aromatic carbocycles. The molecule has 0 bridgehead atoms. The molecule has 1 amide bonds. The minimum atomic E-state index is -0.423. The van der Waals surface area contributed by atoms with Crippen molar-refractivity contribution >= 4 is 5.91 Å². The smallest absolute Gasteiger partial charge is 0.247 e. The molecule has 0 aromatic rings. The molecule has 0 aliphatic rings. The topological polar surface area (TPSA) is 52.3 Å². The first-order chi connectivity index (χ1) is 6.18. The Kier molecular flexibility index (Phi) is 7.07. The van der Waals surface area contributed by atoms with Crippen molar-refractivity contribution in [3.63, 3.8) is 0 Å². The Morgan fingerprint density at radius 3 is 2.62 bits per heavy atom. The largest absolute Gasteiger partial charge is 0.501 e. The van der Waals surface area contributed by atoms with Crippen LogP contribution in [0.2, 0.25) is 0 Å². The predicted octanol–water partition coefficient (Wildman–Crippen LogP) is 1.97. The highest BCUT2D eigenvalue weighted by atomic mass is 16.5. The number of amides is 1. The Morgan fingerprint density at radius 1 is 1.38 bits per heavy atom. The van der Waals surface area contributed by atoms with Gasteiger partial charge in [-0.15, -0.1) is 0 Å². The summed E-state index contributed by atoms with van der Waals surface area (Å²) in [5.41, 5.74) is 5.48. The molecule has 0 heterocycles. The molecular formula is C10H19NO2. The van der Waals surface area contributed by atoms with Gasteiger partial charge in [-0.25, -0.2) is 0 Å². The second kappa shape index (κ2) is 7.65. The molecule has 0 saturated heterocycles. The number of hydrogen-bond acceptors (Lipinski definition) is 2. The molecule has 3 nitrogen and oxygen atoms in total. The lowest BCUT2D eigenvalue weighted by atomic mass is 10.2. The van der Waals surface area contributed by atoms with E-state index in [1.54, 1.807) is 6.92 Å². The van der Waals surface area contributed by atoms with E-state index < -0.39 is 5.91 Å². The standard InChI is InChI=1S/C10H19NO2/c1-3-4-5-6-7-13-8-9(2)10(11)12/h8H,3-7H2,1-2H3,(H2,11,12). The summed E-state index contributed by atoms with van der Waals surface area (Å²) in [5.74, 6) is -0.423. The molecule has 0 aromatic heterocycles. The van der Waals surface area contributed by atoms with E-state index in [-0.39, 0.29) is 0 Å². The van der Waals surface area contributed by atoms with E-state index in [0.717, 1.165) is 6.42 Å². The summed E-state index contributed by atoms with van der Waals surface area (Å²) in [5, 5.41) is 0. The first-order valence-electron chi connectivity index (χ1n) is 4.76. The van der Waals surface area contributed by atoms with Gasteiger partial charge < -0.3 is 10.5 Å². The van der Waals surface area contributed by atoms with Gasteiger partial charge in [0.25, 0.3) is 0 Å². The van der Waals surface area contributed by atoms with Crippen LogP contribution in [0.3, 0.4) is 0 Å². The van der Waals surface area contributed by atoms with Gasteiger partial charge in [0.15, 0.2) is 0 Å². The second-order valence-corrected chi connectivity index (χ2v) is 3.10. The van der Waals surface area contributed by atoms with Crippen molar-refractivity contribution in [1.29, 1.82) is 0 Å². The van der Waals surface area contributed by atoms with Gasteiger partial charge in [0.1, 0.15) is 0 Å². The van der Waals surface area contributed by atoms with Crippen LogP contribution in [0.15, 0.2) is 11.8 Å². The number of ether oxygens (including phenoxy) is 1. The third-order valence-corrected chi connectivity index (χ3v) is 1.76. The molecule has 0 unspecified atom stereocenters. The lowest BCUT2D eigenvalue weighted by Gasteiger charge is -2.01. The Labute approximate surface area is 79.9 Å². The molecule has 3 heteroatoms. The van der Waals surface area contributed by atoms with E-state index in [9.17, 15) is 4.79 Å². The highest BCUT2D eigenvalue weighted by molar-refractivity contribution is 5.90. The molecule has 0 fully saturated rings. The zero-order valence-corrected chi connectivity index (χ0v) is 8.51. The minimum Gasteiger partial charge on any atom is -0.501 e. The van der Waals surface area contributed by atoms with Gasteiger partial charge in [-0.2, -0.15) is 0 Å². The second-order valence-electron chi connectivity index (χ2n) is 3.10. The fraction of sp³-hybridized carbons (Fsp3) is 0.700. The molecule has 0 aliphatic heterocycles. The molecule has 2 N–H and O–H groups in total. The molecular weight excluding hydrogens is 166 g/mol. The number of unbranched alkanes of at least 4 members (excludes halogenated alkanes) is 3. The molecule has 0 aliphatic carbocycles. The van der Waals surface area contributed by atoms with Crippen molar-refractivity contribution in [3.8, 4) is 0 Å². The summed E-state index contributed by atoms with van der Waals surface area (Å²) in [6.07, 6.45) is 6.11. The zero-order valence-electron chi connectivity index (χ0n) is 8.51. The van der Waals surface area contributed by atoms with E-state index >= 15 is 0 Å². The van der Waals surface area contributed by atoms with Crippen LogP contribution >= 0.6 is 0 Å². The van der Waals surface area contributed by atoms with E-state index in [0.29, 0.717) is 12.2 Å². The van der Waals surface area contributed by atoms with Crippen LogP contribution in [0.4, 0.5) is 0 Å². The zero-order chi connectivity index (χ0) is 10.1. The Bertz CT molecular complexity index is 176. The van der Waals surface area contributed by atoms with Gasteiger partial charge in [0.05, 0.1) is 12.9 Å². The van der Waals surface area contributed by atoms with Gasteiger partial charge >= 0.3 is 0 Å². The van der Waals surface area contributed by atoms with Gasteiger partial charge in [-0.3, -0.25) is 4.79 Å². The average molecular weight is 185 g/mol. The summed E-state index contributed by atoms with van der Waals surface area (Å²) in [4.78, 5) is 10.5. The van der Waals surface area contributed by atoms with Crippen LogP contribution in [-0.4, -0.2) is 12.5 Å². The van der Waals surface area contributed by atoms with Crippen molar-refractivity contribution in [2.75, 3.05) is 6.61 Å². The number of carbonyl (C=O) groups is 1. The summed E-state index contributed by atoms with van der Waals surface area (Å²) < 4.78 is 5.14. The van der Waals surface area contributed by atoms with Crippen molar-refractivity contribution in [2.24, 2.45) is 5.73 Å². The maximum absolute atomic E-state index is 10.5. The Balaban J connectivity index is 3.34. The Hall–Kier alpha value is -0.990. The van der Waals surface area contributed by atoms with Crippen molar-refractivity contribution in [3.05, 3.63) is 11.8 Å². The highest BCUT2D eigenvalue weighted by Crippen LogP contribution is 2.00. The molecule has 0 rings (SSSR count). The van der Waals surface area contributed by atoms with E-state index in [1.165, 1.54) is 25.5 Å². The van der Waals surface area contributed by atoms with Crippen molar-refractivity contribution in [1.82, 2.24) is 0 Å². The van der Waals surface area contributed by atoms with E-state index in [1.807, 2.05) is 0 Å². The van der Waals surface area contributed by atoms with Crippen LogP contribution in [0.5, 0.6) is 0 Å². The number of primary amides is 1. The first kappa shape index (κ1) is 12.0. The van der Waals surface area contributed by atoms with Crippen LogP contribution in [0.1, 0.15) is 39.5 Å². The third-order valence-electron chi connectivity index (χ3n) is 1.76. The van der Waals surface area contributed by atoms with Crippen LogP contribution in [0.25, 0.3) is 0 Å². The molecule has 0 saturated carbocycles. The highest BCUT2D eigenvalue weighted by Gasteiger charge is 1.95. The summed E-state index contributed by atoms with van der Waals surface area (Å²) >= 11 is 0. The summed E-state index contributed by atoms with van der Waals surface area (Å²) in [6, 6.07) is 0. The summed E-state index contributed by atoms with van der Waals surface area (Å²) in [6.45, 7) is 4.48. The lowest BCUT2D eigenvalue weighted by molar-refractivity contribution is -0.114. The third kappa shape index (κ3) is 7.37. The van der Waals surface area contributed by atoms with E-state index in [4.69, 9.17) is 10.5 Å². The SMILES string of the molecule is CCCCCCOC=C(C)C(N)=O. The summed E-state index contributed by atoms with van der Waals surface area (Å²) in [7, 11) is 0. The maximum Gasteiger partial charge on any atom is 0.247 e. The van der Waals surface area contributed by atoms with Gasteiger partial charge in [-0.05, 0) is 13.3 Å². The normalized spacial score (nSPS) is 11.4. The molecule has 13 heavy (non-hydrogen) atoms. The van der Waals surface area contributed by atoms with Crippen LogP contribution < -0.4 is 5.73 Å². The van der Waals surface area contributed by atoms with Crippen molar-refractivity contribution in [2.45, 2.75) is 39.5 Å². The van der Waals surface area contributed by atoms with Crippen molar-refractivity contribution < 1.29 is 9.53 Å². The molecule has 0 atom stereocenters. The van der Waals surface area contributed by atoms with Gasteiger partial charge in [0, 0.05) is 5.57 Å². The number of carbonyl (C=O) groups excluding carboxylic acids is 1. The monoisotopic (exact) mass is 185 g/mol. The number of hydrogen-bond donors (Lipinski definition) is 1. The quantitative estimate of drug-likeness (QED) is 0.374. The Morgan fingerprint density at radius 2 is 2.08 bits per heavy atom. The fourth-order valence-electron chi connectivity index (χ4n) is 0.854. The van der Waals surface area contributed by atoms with Gasteiger partial charge in [-0.1, -0.05) is 26.2 Å². The van der Waals surface area contributed by atoms with Gasteiger partial charge in [0.2, 0.25) is 5.91 Å². The molecule has 0 radical (unpaired) electrons. The number of nitrogens with two attached hydrogens (primary N) is 1. The van der Waals surface area contributed by atoms with Crippen LogP contribution in [0, 0.1) is 0 Å². The minimum absolute atomic E-state index is 0.423.